The topological polar surface area (TPSA) is 36.9 Å². The van der Waals surface area contributed by atoms with E-state index in [2.05, 4.69) is 36.5 Å². The van der Waals surface area contributed by atoms with Crippen LogP contribution in [-0.2, 0) is 21.1 Å². The molecule has 39 heavy (non-hydrogen) atoms. The molecule has 5 heteroatoms. The van der Waals surface area contributed by atoms with E-state index in [4.69, 9.17) is 15.1 Å². The zero-order valence-electron chi connectivity index (χ0n) is 21.4. The first kappa shape index (κ1) is 25.2. The van der Waals surface area contributed by atoms with Gasteiger partial charge in [0.05, 0.1) is 0 Å². The fraction of sp³-hybridized carbons (Fsp3) is 0.0588. The van der Waals surface area contributed by atoms with Crippen LogP contribution >= 0.6 is 0 Å². The molecule has 0 radical (unpaired) electrons. The van der Waals surface area contributed by atoms with Gasteiger partial charge in [-0.3, -0.25) is 0 Å². The Balaban J connectivity index is 1.42. The molecular formula is C34H28O4Zr. The Morgan fingerprint density at radius 1 is 0.436 bits per heavy atom. The predicted octanol–water partition coefficient (Wildman–Crippen LogP) is 9.40. The number of para-hydroxylation sites is 6. The summed E-state index contributed by atoms with van der Waals surface area (Å²) in [6.07, 6.45) is 14.4. The molecule has 0 atom stereocenters. The van der Waals surface area contributed by atoms with Gasteiger partial charge in [-0.1, -0.05) is 0 Å². The van der Waals surface area contributed by atoms with Gasteiger partial charge in [-0.2, -0.15) is 0 Å². The summed E-state index contributed by atoms with van der Waals surface area (Å²) in [4.78, 5) is 0. The molecule has 0 aromatic heterocycles. The first-order chi connectivity index (χ1) is 19.3. The standard InChI is InChI=1S/2C12H10O2.2C5H5.Zr/c2*13-11-8-4-5-9-12(11)14-10-6-2-1-3-7-10;2*1-2-4-5-3-1;/h2*1-9,13H;2*1-3H,4H2;/q;;;;+2/p-2. The van der Waals surface area contributed by atoms with Gasteiger partial charge in [0.15, 0.2) is 0 Å². The molecule has 0 saturated carbocycles. The van der Waals surface area contributed by atoms with Gasteiger partial charge in [-0.05, 0) is 0 Å². The minimum atomic E-state index is -4.32. The molecule has 2 aliphatic rings. The van der Waals surface area contributed by atoms with E-state index in [1.54, 1.807) is 0 Å². The van der Waals surface area contributed by atoms with Crippen LogP contribution in [0.25, 0.3) is 0 Å². The van der Waals surface area contributed by atoms with Crippen molar-refractivity contribution in [1.29, 1.82) is 0 Å². The van der Waals surface area contributed by atoms with Crippen molar-refractivity contribution >= 4 is 0 Å². The molecule has 0 spiro atoms. The van der Waals surface area contributed by atoms with Crippen LogP contribution in [0.4, 0.5) is 0 Å². The maximum absolute atomic E-state index is 7.17. The van der Waals surface area contributed by atoms with Crippen LogP contribution in [0.3, 0.4) is 0 Å². The zero-order valence-corrected chi connectivity index (χ0v) is 23.9. The molecule has 0 aliphatic heterocycles. The van der Waals surface area contributed by atoms with Crippen molar-refractivity contribution in [1.82, 2.24) is 0 Å². The van der Waals surface area contributed by atoms with Gasteiger partial charge >= 0.3 is 236 Å². The van der Waals surface area contributed by atoms with Crippen molar-refractivity contribution in [3.8, 4) is 34.5 Å². The second-order valence-electron chi connectivity index (χ2n) is 9.19. The maximum atomic E-state index is 7.17. The fourth-order valence-corrected chi connectivity index (χ4v) is 12.9. The monoisotopic (exact) mass is 590 g/mol. The summed E-state index contributed by atoms with van der Waals surface area (Å²) in [7, 11) is 0. The summed E-state index contributed by atoms with van der Waals surface area (Å²) in [5.41, 5.74) is 0. The van der Waals surface area contributed by atoms with Gasteiger partial charge in [0.25, 0.3) is 0 Å². The van der Waals surface area contributed by atoms with Crippen molar-refractivity contribution in [3.05, 3.63) is 152 Å². The summed E-state index contributed by atoms with van der Waals surface area (Å²) in [6, 6.07) is 35.2. The van der Waals surface area contributed by atoms with Crippen LogP contribution in [0, 0.1) is 0 Å². The third kappa shape index (κ3) is 5.69. The Morgan fingerprint density at radius 3 is 1.21 bits per heavy atom. The summed E-state index contributed by atoms with van der Waals surface area (Å²) in [6.45, 7) is 0. The molecule has 0 N–H and O–H groups in total. The molecule has 0 fully saturated rings. The average Bonchev–Trinajstić information content (AvgIpc) is 3.72. The van der Waals surface area contributed by atoms with E-state index in [1.165, 1.54) is 6.56 Å². The van der Waals surface area contributed by atoms with Crippen molar-refractivity contribution in [2.75, 3.05) is 0 Å². The van der Waals surface area contributed by atoms with Crippen LogP contribution in [-0.4, -0.2) is 0 Å². The Labute approximate surface area is 234 Å². The van der Waals surface area contributed by atoms with E-state index in [1.807, 2.05) is 109 Å². The first-order valence-electron chi connectivity index (χ1n) is 13.0. The van der Waals surface area contributed by atoms with Crippen LogP contribution in [0.2, 0.25) is 0 Å². The Morgan fingerprint density at radius 2 is 0.821 bits per heavy atom. The first-order valence-corrected chi connectivity index (χ1v) is 17.5. The van der Waals surface area contributed by atoms with Gasteiger partial charge in [0, 0.05) is 0 Å². The average molecular weight is 592 g/mol. The molecule has 0 amide bonds. The fourth-order valence-electron chi connectivity index (χ4n) is 4.65. The SMILES string of the molecule is C1=CC[C]([Zr]([O]c2ccccc2Oc2ccccc2)([O]c2ccccc2Oc2ccccc2)[C]2=CC=CC2)=C1. The normalized spacial score (nSPS) is 14.1. The molecule has 2 aliphatic carbocycles. The molecule has 0 unspecified atom stereocenters. The van der Waals surface area contributed by atoms with Gasteiger partial charge in [-0.15, -0.1) is 0 Å². The van der Waals surface area contributed by atoms with Crippen molar-refractivity contribution in [2.24, 2.45) is 0 Å². The van der Waals surface area contributed by atoms with Crippen LogP contribution in [0.5, 0.6) is 34.5 Å². The molecule has 0 saturated heterocycles. The van der Waals surface area contributed by atoms with Gasteiger partial charge in [0.1, 0.15) is 0 Å². The van der Waals surface area contributed by atoms with Gasteiger partial charge in [0.2, 0.25) is 0 Å². The predicted molar refractivity (Wildman–Crippen MR) is 151 cm³/mol. The van der Waals surface area contributed by atoms with Crippen molar-refractivity contribution in [2.45, 2.75) is 12.8 Å². The van der Waals surface area contributed by atoms with E-state index in [0.717, 1.165) is 24.3 Å². The Hall–Kier alpha value is -4.08. The number of hydrogen-bond donors (Lipinski definition) is 0. The number of allylic oxidation sites excluding steroid dienone is 8. The summed E-state index contributed by atoms with van der Waals surface area (Å²) in [5.74, 6) is 4.14. The van der Waals surface area contributed by atoms with Crippen molar-refractivity contribution in [3.63, 3.8) is 0 Å². The van der Waals surface area contributed by atoms with Crippen LogP contribution in [0.15, 0.2) is 152 Å². The summed E-state index contributed by atoms with van der Waals surface area (Å²) in [5, 5.41) is 0. The molecule has 0 heterocycles. The third-order valence-corrected chi connectivity index (χ3v) is 15.0. The molecule has 0 bridgehead atoms. The minimum absolute atomic E-state index is 0.653. The second kappa shape index (κ2) is 11.8. The van der Waals surface area contributed by atoms with E-state index in [9.17, 15) is 0 Å². The molecular weight excluding hydrogens is 564 g/mol. The Kier molecular flexibility index (Phi) is 7.60. The molecule has 4 aromatic carbocycles. The number of hydrogen-bond acceptors (Lipinski definition) is 4. The number of benzene rings is 4. The number of ether oxygens (including phenoxy) is 2. The van der Waals surface area contributed by atoms with E-state index in [0.29, 0.717) is 23.0 Å². The second-order valence-corrected chi connectivity index (χ2v) is 16.4. The van der Waals surface area contributed by atoms with Crippen LogP contribution < -0.4 is 15.1 Å². The van der Waals surface area contributed by atoms with E-state index >= 15 is 0 Å². The Bertz CT molecular complexity index is 1440. The number of rotatable bonds is 10. The molecule has 192 valence electrons. The quantitative estimate of drug-likeness (QED) is 0.184. The molecule has 6 rings (SSSR count). The van der Waals surface area contributed by atoms with E-state index in [-0.39, 0.29) is 0 Å². The summed E-state index contributed by atoms with van der Waals surface area (Å²) >= 11 is -4.32. The van der Waals surface area contributed by atoms with Crippen molar-refractivity contribution < 1.29 is 36.2 Å². The third-order valence-electron chi connectivity index (χ3n) is 6.54. The molecule has 4 aromatic rings. The van der Waals surface area contributed by atoms with Gasteiger partial charge < -0.3 is 0 Å². The zero-order chi connectivity index (χ0) is 26.3. The molecule has 4 nitrogen and oxygen atoms in total. The van der Waals surface area contributed by atoms with Gasteiger partial charge in [-0.25, -0.2) is 0 Å². The summed E-state index contributed by atoms with van der Waals surface area (Å²) < 4.78 is 29.3. The van der Waals surface area contributed by atoms with E-state index < -0.39 is 21.1 Å². The van der Waals surface area contributed by atoms with Crippen LogP contribution in [0.1, 0.15) is 12.8 Å².